The summed E-state index contributed by atoms with van der Waals surface area (Å²) in [6, 6.07) is 13.7. The van der Waals surface area contributed by atoms with Crippen molar-refractivity contribution in [1.82, 2.24) is 0 Å². The molecule has 1 amide bonds. The van der Waals surface area contributed by atoms with Crippen molar-refractivity contribution in [1.29, 1.82) is 0 Å². The lowest BCUT2D eigenvalue weighted by molar-refractivity contribution is -0.118. The Hall–Kier alpha value is -2.69. The third-order valence-electron chi connectivity index (χ3n) is 4.25. The van der Waals surface area contributed by atoms with Crippen molar-refractivity contribution in [2.45, 2.75) is 12.8 Å². The Morgan fingerprint density at radius 2 is 2.00 bits per heavy atom. The quantitative estimate of drug-likeness (QED) is 0.886. The van der Waals surface area contributed by atoms with Crippen molar-refractivity contribution in [2.75, 3.05) is 37.5 Å². The third-order valence-corrected chi connectivity index (χ3v) is 4.25. The molecule has 24 heavy (non-hydrogen) atoms. The molecule has 1 aliphatic heterocycles. The van der Waals surface area contributed by atoms with Gasteiger partial charge in [-0.2, -0.15) is 0 Å². The summed E-state index contributed by atoms with van der Waals surface area (Å²) in [6.07, 6.45) is 1.37. The molecule has 0 unspecified atom stereocenters. The van der Waals surface area contributed by atoms with Gasteiger partial charge in [0.05, 0.1) is 19.9 Å². The van der Waals surface area contributed by atoms with Crippen LogP contribution in [0.1, 0.15) is 12.0 Å². The van der Waals surface area contributed by atoms with Crippen LogP contribution in [-0.2, 0) is 11.2 Å². The van der Waals surface area contributed by atoms with Gasteiger partial charge in [-0.15, -0.1) is 0 Å². The van der Waals surface area contributed by atoms with E-state index in [2.05, 4.69) is 11.4 Å². The van der Waals surface area contributed by atoms with Crippen LogP contribution in [0.5, 0.6) is 11.5 Å². The van der Waals surface area contributed by atoms with Crippen molar-refractivity contribution < 1.29 is 14.3 Å². The summed E-state index contributed by atoms with van der Waals surface area (Å²) in [5, 5.41) is 3.27. The van der Waals surface area contributed by atoms with Gasteiger partial charge in [-0.05, 0) is 30.2 Å². The van der Waals surface area contributed by atoms with Gasteiger partial charge in [-0.25, -0.2) is 0 Å². The van der Waals surface area contributed by atoms with E-state index in [1.165, 1.54) is 5.56 Å². The highest BCUT2D eigenvalue weighted by molar-refractivity contribution is 5.95. The summed E-state index contributed by atoms with van der Waals surface area (Å²) < 4.78 is 10.5. The number of anilines is 2. The van der Waals surface area contributed by atoms with Crippen LogP contribution in [0.4, 0.5) is 11.4 Å². The highest BCUT2D eigenvalue weighted by Crippen LogP contribution is 2.30. The van der Waals surface area contributed by atoms with Crippen molar-refractivity contribution in [3.05, 3.63) is 48.0 Å². The van der Waals surface area contributed by atoms with Crippen LogP contribution in [0.2, 0.25) is 0 Å². The average molecular weight is 326 g/mol. The first-order valence-corrected chi connectivity index (χ1v) is 8.07. The lowest BCUT2D eigenvalue weighted by atomic mass is 10.2. The number of ether oxygens (including phenoxy) is 2. The van der Waals surface area contributed by atoms with Crippen LogP contribution < -0.4 is 19.7 Å². The molecule has 0 bridgehead atoms. The number of hydrogen-bond acceptors (Lipinski definition) is 4. The standard InChI is InChI=1S/C19H22N2O3/c1-23-15-7-8-16(18(13-15)24-2)20-11-9-19(22)21-12-10-14-5-3-4-6-17(14)21/h3-8,13,20H,9-12H2,1-2H3. The fourth-order valence-electron chi connectivity index (χ4n) is 2.98. The lowest BCUT2D eigenvalue weighted by Gasteiger charge is -2.18. The van der Waals surface area contributed by atoms with E-state index in [4.69, 9.17) is 9.47 Å². The summed E-state index contributed by atoms with van der Waals surface area (Å²) in [7, 11) is 3.24. The van der Waals surface area contributed by atoms with Crippen LogP contribution in [-0.4, -0.2) is 33.2 Å². The van der Waals surface area contributed by atoms with Crippen molar-refractivity contribution in [3.63, 3.8) is 0 Å². The van der Waals surface area contributed by atoms with Crippen LogP contribution in [0.3, 0.4) is 0 Å². The topological polar surface area (TPSA) is 50.8 Å². The molecule has 1 aliphatic rings. The molecule has 0 aliphatic carbocycles. The number of benzene rings is 2. The Balaban J connectivity index is 1.58. The van der Waals surface area contributed by atoms with E-state index in [1.807, 2.05) is 41.3 Å². The van der Waals surface area contributed by atoms with Crippen LogP contribution in [0, 0.1) is 0 Å². The number of fused-ring (bicyclic) bond motifs is 1. The summed E-state index contributed by atoms with van der Waals surface area (Å²) in [6.45, 7) is 1.32. The Kier molecular flexibility index (Phi) is 4.89. The molecule has 126 valence electrons. The van der Waals surface area contributed by atoms with Gasteiger partial charge < -0.3 is 19.7 Å². The van der Waals surface area contributed by atoms with Gasteiger partial charge in [-0.1, -0.05) is 18.2 Å². The molecular formula is C19H22N2O3. The molecule has 5 heteroatoms. The first kappa shape index (κ1) is 16.2. The minimum absolute atomic E-state index is 0.139. The Bertz CT molecular complexity index is 730. The number of nitrogens with one attached hydrogen (secondary N) is 1. The molecule has 0 atom stereocenters. The van der Waals surface area contributed by atoms with Gasteiger partial charge in [-0.3, -0.25) is 4.79 Å². The molecule has 2 aromatic carbocycles. The number of nitrogens with zero attached hydrogens (tertiary/aromatic N) is 1. The molecule has 0 fully saturated rings. The zero-order valence-corrected chi connectivity index (χ0v) is 14.0. The third kappa shape index (κ3) is 3.30. The van der Waals surface area contributed by atoms with E-state index >= 15 is 0 Å². The Morgan fingerprint density at radius 3 is 2.79 bits per heavy atom. The van der Waals surface area contributed by atoms with Gasteiger partial charge in [0, 0.05) is 31.3 Å². The van der Waals surface area contributed by atoms with E-state index < -0.39 is 0 Å². The number of hydrogen-bond donors (Lipinski definition) is 1. The van der Waals surface area contributed by atoms with Crippen LogP contribution in [0.15, 0.2) is 42.5 Å². The number of carbonyl (C=O) groups is 1. The Labute approximate surface area is 142 Å². The number of para-hydroxylation sites is 1. The second kappa shape index (κ2) is 7.25. The molecule has 0 radical (unpaired) electrons. The van der Waals surface area contributed by atoms with E-state index in [0.29, 0.717) is 18.7 Å². The van der Waals surface area contributed by atoms with Gasteiger partial charge in [0.15, 0.2) is 0 Å². The van der Waals surface area contributed by atoms with E-state index in [1.54, 1.807) is 14.2 Å². The average Bonchev–Trinajstić information content (AvgIpc) is 3.06. The number of amides is 1. The number of carbonyl (C=O) groups excluding carboxylic acids is 1. The van der Waals surface area contributed by atoms with Crippen LogP contribution in [0.25, 0.3) is 0 Å². The summed E-state index contributed by atoms with van der Waals surface area (Å²) in [5.41, 5.74) is 3.15. The molecular weight excluding hydrogens is 304 g/mol. The van der Waals surface area contributed by atoms with E-state index in [9.17, 15) is 4.79 Å². The molecule has 1 heterocycles. The minimum atomic E-state index is 0.139. The normalized spacial score (nSPS) is 12.7. The van der Waals surface area contributed by atoms with Gasteiger partial charge in [0.2, 0.25) is 5.91 Å². The van der Waals surface area contributed by atoms with Crippen LogP contribution >= 0.6 is 0 Å². The maximum atomic E-state index is 12.5. The number of rotatable bonds is 6. The van der Waals surface area contributed by atoms with Crippen molar-refractivity contribution in [2.24, 2.45) is 0 Å². The second-order valence-corrected chi connectivity index (χ2v) is 5.67. The molecule has 2 aromatic rings. The molecule has 0 spiro atoms. The summed E-state index contributed by atoms with van der Waals surface area (Å²) in [5.74, 6) is 1.58. The Morgan fingerprint density at radius 1 is 1.17 bits per heavy atom. The van der Waals surface area contributed by atoms with Gasteiger partial charge in [0.1, 0.15) is 11.5 Å². The maximum Gasteiger partial charge on any atom is 0.228 e. The lowest BCUT2D eigenvalue weighted by Crippen LogP contribution is -2.30. The van der Waals surface area contributed by atoms with Gasteiger partial charge >= 0.3 is 0 Å². The summed E-state index contributed by atoms with van der Waals surface area (Å²) in [4.78, 5) is 14.4. The zero-order chi connectivity index (χ0) is 16.9. The van der Waals surface area contributed by atoms with Crippen molar-refractivity contribution in [3.8, 4) is 11.5 Å². The largest absolute Gasteiger partial charge is 0.497 e. The molecule has 5 nitrogen and oxygen atoms in total. The zero-order valence-electron chi connectivity index (χ0n) is 14.0. The predicted molar refractivity (Wildman–Crippen MR) is 95.2 cm³/mol. The predicted octanol–water partition coefficient (Wildman–Crippen LogP) is 3.10. The molecule has 0 saturated heterocycles. The highest BCUT2D eigenvalue weighted by atomic mass is 16.5. The minimum Gasteiger partial charge on any atom is -0.497 e. The maximum absolute atomic E-state index is 12.5. The van der Waals surface area contributed by atoms with E-state index in [-0.39, 0.29) is 5.91 Å². The molecule has 1 N–H and O–H groups in total. The first-order valence-electron chi connectivity index (χ1n) is 8.07. The number of methoxy groups -OCH3 is 2. The second-order valence-electron chi connectivity index (χ2n) is 5.67. The molecule has 0 aromatic heterocycles. The fraction of sp³-hybridized carbons (Fsp3) is 0.316. The molecule has 3 rings (SSSR count). The smallest absolute Gasteiger partial charge is 0.228 e. The first-order chi connectivity index (χ1) is 11.7. The monoisotopic (exact) mass is 326 g/mol. The summed E-state index contributed by atoms with van der Waals surface area (Å²) >= 11 is 0. The highest BCUT2D eigenvalue weighted by Gasteiger charge is 2.23. The van der Waals surface area contributed by atoms with Crippen molar-refractivity contribution >= 4 is 17.3 Å². The van der Waals surface area contributed by atoms with Gasteiger partial charge in [0.25, 0.3) is 0 Å². The SMILES string of the molecule is COc1ccc(NCCC(=O)N2CCc3ccccc32)c(OC)c1. The molecule has 0 saturated carbocycles. The fourth-order valence-corrected chi connectivity index (χ4v) is 2.98. The van der Waals surface area contributed by atoms with E-state index in [0.717, 1.165) is 30.1 Å².